The van der Waals surface area contributed by atoms with Crippen LogP contribution in [0.4, 0.5) is 5.69 Å². The van der Waals surface area contributed by atoms with Gasteiger partial charge in [-0.15, -0.1) is 0 Å². The quantitative estimate of drug-likeness (QED) is 0.823. The molecule has 0 aromatic heterocycles. The summed E-state index contributed by atoms with van der Waals surface area (Å²) in [4.78, 5) is 2.52. The largest absolute Gasteiger partial charge is 0.367 e. The van der Waals surface area contributed by atoms with E-state index in [-0.39, 0.29) is 0 Å². The third kappa shape index (κ3) is 2.22. The van der Waals surface area contributed by atoms with E-state index in [1.54, 1.807) is 0 Å². The molecule has 88 valence electrons. The zero-order valence-electron chi connectivity index (χ0n) is 10.2. The molecule has 0 atom stereocenters. The van der Waals surface area contributed by atoms with E-state index >= 15 is 0 Å². The summed E-state index contributed by atoms with van der Waals surface area (Å²) < 4.78 is 0. The van der Waals surface area contributed by atoms with Gasteiger partial charge >= 0.3 is 0 Å². The SMILES string of the molecule is CCc1ccccc1N(CCN)C1CCC1. The number of hydrogen-bond donors (Lipinski definition) is 1. The van der Waals surface area contributed by atoms with Crippen molar-refractivity contribution in [3.8, 4) is 0 Å². The van der Waals surface area contributed by atoms with Crippen LogP contribution in [0.5, 0.6) is 0 Å². The molecule has 2 heteroatoms. The number of anilines is 1. The second-order valence-corrected chi connectivity index (χ2v) is 4.55. The molecule has 1 aromatic rings. The summed E-state index contributed by atoms with van der Waals surface area (Å²) in [6, 6.07) is 9.47. The van der Waals surface area contributed by atoms with Gasteiger partial charge < -0.3 is 10.6 Å². The van der Waals surface area contributed by atoms with Gasteiger partial charge in [0.2, 0.25) is 0 Å². The molecule has 0 aliphatic heterocycles. The van der Waals surface area contributed by atoms with Crippen molar-refractivity contribution >= 4 is 5.69 Å². The predicted octanol–water partition coefficient (Wildman–Crippen LogP) is 2.57. The van der Waals surface area contributed by atoms with Crippen LogP contribution in [-0.4, -0.2) is 19.1 Å². The molecule has 2 N–H and O–H groups in total. The van der Waals surface area contributed by atoms with Crippen molar-refractivity contribution < 1.29 is 0 Å². The van der Waals surface area contributed by atoms with Crippen LogP contribution in [0.1, 0.15) is 31.7 Å². The van der Waals surface area contributed by atoms with Gasteiger partial charge in [0.15, 0.2) is 0 Å². The number of para-hydroxylation sites is 1. The summed E-state index contributed by atoms with van der Waals surface area (Å²) in [6.07, 6.45) is 5.14. The smallest absolute Gasteiger partial charge is 0.0401 e. The van der Waals surface area contributed by atoms with Crippen LogP contribution in [0.3, 0.4) is 0 Å². The lowest BCUT2D eigenvalue weighted by atomic mass is 9.90. The van der Waals surface area contributed by atoms with Crippen molar-refractivity contribution in [2.24, 2.45) is 5.73 Å². The van der Waals surface area contributed by atoms with Gasteiger partial charge in [0, 0.05) is 24.8 Å². The maximum atomic E-state index is 5.73. The molecule has 0 spiro atoms. The molecule has 1 aromatic carbocycles. The number of benzene rings is 1. The monoisotopic (exact) mass is 218 g/mol. The molecular weight excluding hydrogens is 196 g/mol. The summed E-state index contributed by atoms with van der Waals surface area (Å²) in [5, 5.41) is 0. The Morgan fingerprint density at radius 2 is 2.06 bits per heavy atom. The predicted molar refractivity (Wildman–Crippen MR) is 69.9 cm³/mol. The fraction of sp³-hybridized carbons (Fsp3) is 0.571. The Labute approximate surface area is 98.4 Å². The molecule has 0 saturated heterocycles. The second-order valence-electron chi connectivity index (χ2n) is 4.55. The first kappa shape index (κ1) is 11.5. The van der Waals surface area contributed by atoms with Crippen LogP contribution in [0.15, 0.2) is 24.3 Å². The zero-order valence-corrected chi connectivity index (χ0v) is 10.2. The summed E-state index contributed by atoms with van der Waals surface area (Å²) in [5.74, 6) is 0. The molecule has 1 saturated carbocycles. The molecule has 1 aliphatic rings. The van der Waals surface area contributed by atoms with Gasteiger partial charge in [-0.2, -0.15) is 0 Å². The second kappa shape index (κ2) is 5.35. The molecule has 0 radical (unpaired) electrons. The molecule has 0 heterocycles. The van der Waals surface area contributed by atoms with Crippen molar-refractivity contribution in [1.82, 2.24) is 0 Å². The molecule has 0 amide bonds. The van der Waals surface area contributed by atoms with Crippen molar-refractivity contribution in [2.45, 2.75) is 38.6 Å². The highest BCUT2D eigenvalue weighted by Crippen LogP contribution is 2.31. The van der Waals surface area contributed by atoms with E-state index in [1.807, 2.05) is 0 Å². The molecule has 0 unspecified atom stereocenters. The van der Waals surface area contributed by atoms with E-state index in [0.29, 0.717) is 0 Å². The topological polar surface area (TPSA) is 29.3 Å². The molecule has 16 heavy (non-hydrogen) atoms. The summed E-state index contributed by atoms with van der Waals surface area (Å²) in [7, 11) is 0. The highest BCUT2D eigenvalue weighted by molar-refractivity contribution is 5.54. The molecule has 2 rings (SSSR count). The van der Waals surface area contributed by atoms with Gasteiger partial charge in [-0.25, -0.2) is 0 Å². The number of nitrogens with two attached hydrogens (primary N) is 1. The van der Waals surface area contributed by atoms with Gasteiger partial charge in [-0.05, 0) is 37.3 Å². The molecular formula is C14H22N2. The van der Waals surface area contributed by atoms with Crippen LogP contribution in [0.2, 0.25) is 0 Å². The van der Waals surface area contributed by atoms with Crippen molar-refractivity contribution in [3.05, 3.63) is 29.8 Å². The maximum Gasteiger partial charge on any atom is 0.0401 e. The highest BCUT2D eigenvalue weighted by Gasteiger charge is 2.25. The van der Waals surface area contributed by atoms with E-state index < -0.39 is 0 Å². The number of rotatable bonds is 5. The Morgan fingerprint density at radius 3 is 2.62 bits per heavy atom. The van der Waals surface area contributed by atoms with E-state index in [0.717, 1.165) is 25.6 Å². The third-order valence-corrected chi connectivity index (χ3v) is 3.57. The van der Waals surface area contributed by atoms with E-state index in [4.69, 9.17) is 5.73 Å². The molecule has 0 bridgehead atoms. The average Bonchev–Trinajstić information content (AvgIpc) is 2.26. The van der Waals surface area contributed by atoms with Gasteiger partial charge in [0.05, 0.1) is 0 Å². The van der Waals surface area contributed by atoms with Gasteiger partial charge in [-0.3, -0.25) is 0 Å². The standard InChI is InChI=1S/C14H22N2/c1-2-12-6-3-4-9-14(12)16(11-10-15)13-7-5-8-13/h3-4,6,9,13H,2,5,7-8,10-11,15H2,1H3. The van der Waals surface area contributed by atoms with Crippen molar-refractivity contribution in [2.75, 3.05) is 18.0 Å². The lowest BCUT2D eigenvalue weighted by Gasteiger charge is -2.40. The Kier molecular flexibility index (Phi) is 3.83. The first-order valence-corrected chi connectivity index (χ1v) is 6.41. The Morgan fingerprint density at radius 1 is 1.31 bits per heavy atom. The fourth-order valence-corrected chi connectivity index (χ4v) is 2.43. The summed E-state index contributed by atoms with van der Waals surface area (Å²) >= 11 is 0. The number of nitrogens with zero attached hydrogens (tertiary/aromatic N) is 1. The minimum absolute atomic E-state index is 0.733. The van der Waals surface area contributed by atoms with Crippen LogP contribution in [0.25, 0.3) is 0 Å². The van der Waals surface area contributed by atoms with E-state index in [9.17, 15) is 0 Å². The molecule has 1 fully saturated rings. The van der Waals surface area contributed by atoms with Crippen LogP contribution >= 0.6 is 0 Å². The fourth-order valence-electron chi connectivity index (χ4n) is 2.43. The minimum Gasteiger partial charge on any atom is -0.367 e. The Hall–Kier alpha value is -1.02. The number of aryl methyl sites for hydroxylation is 1. The number of hydrogen-bond acceptors (Lipinski definition) is 2. The van der Waals surface area contributed by atoms with Gasteiger partial charge in [-0.1, -0.05) is 25.1 Å². The van der Waals surface area contributed by atoms with Crippen LogP contribution < -0.4 is 10.6 Å². The minimum atomic E-state index is 0.733. The lowest BCUT2D eigenvalue weighted by molar-refractivity contribution is 0.387. The normalized spacial score (nSPS) is 15.9. The summed E-state index contributed by atoms with van der Waals surface area (Å²) in [5.41, 5.74) is 8.58. The van der Waals surface area contributed by atoms with Crippen LogP contribution in [0, 0.1) is 0 Å². The van der Waals surface area contributed by atoms with Crippen LogP contribution in [-0.2, 0) is 6.42 Å². The zero-order chi connectivity index (χ0) is 11.4. The highest BCUT2D eigenvalue weighted by atomic mass is 15.2. The Bertz CT molecular complexity index is 331. The Balaban J connectivity index is 2.22. The van der Waals surface area contributed by atoms with E-state index in [1.165, 1.54) is 30.5 Å². The van der Waals surface area contributed by atoms with E-state index in [2.05, 4.69) is 36.1 Å². The van der Waals surface area contributed by atoms with Crippen molar-refractivity contribution in [3.63, 3.8) is 0 Å². The maximum absolute atomic E-state index is 5.73. The van der Waals surface area contributed by atoms with Gasteiger partial charge in [0.1, 0.15) is 0 Å². The average molecular weight is 218 g/mol. The summed E-state index contributed by atoms with van der Waals surface area (Å²) in [6.45, 7) is 3.95. The molecule has 2 nitrogen and oxygen atoms in total. The van der Waals surface area contributed by atoms with Crippen molar-refractivity contribution in [1.29, 1.82) is 0 Å². The first-order chi connectivity index (χ1) is 7.86. The first-order valence-electron chi connectivity index (χ1n) is 6.41. The third-order valence-electron chi connectivity index (χ3n) is 3.57. The van der Waals surface area contributed by atoms with Gasteiger partial charge in [0.25, 0.3) is 0 Å². The lowest BCUT2D eigenvalue weighted by Crippen LogP contribution is -2.43. The molecule has 1 aliphatic carbocycles.